The Morgan fingerprint density at radius 1 is 1.12 bits per heavy atom. The Morgan fingerprint density at radius 3 is 2.67 bits per heavy atom. The van der Waals surface area contributed by atoms with Gasteiger partial charge in [-0.2, -0.15) is 0 Å². The van der Waals surface area contributed by atoms with Crippen LogP contribution in [-0.2, 0) is 6.42 Å². The number of ether oxygens (including phenoxy) is 1. The van der Waals surface area contributed by atoms with Crippen molar-refractivity contribution in [1.29, 1.82) is 0 Å². The number of rotatable bonds is 7. The molecule has 0 amide bonds. The number of aromatic nitrogens is 2. The van der Waals surface area contributed by atoms with E-state index in [0.717, 1.165) is 18.5 Å². The third-order valence-corrected chi connectivity index (χ3v) is 3.62. The van der Waals surface area contributed by atoms with E-state index in [2.05, 4.69) is 9.97 Å². The lowest BCUT2D eigenvalue weighted by Crippen LogP contribution is -2.03. The summed E-state index contributed by atoms with van der Waals surface area (Å²) in [6, 6.07) is 12.6. The highest BCUT2D eigenvalue weighted by Crippen LogP contribution is 2.16. The number of aryl methyl sites for hydroxylation is 1. The Hall–Kier alpha value is -2.95. The first-order valence-corrected chi connectivity index (χ1v) is 7.73. The van der Waals surface area contributed by atoms with Crippen LogP contribution in [0.3, 0.4) is 0 Å². The number of benzene rings is 2. The Balaban J connectivity index is 1.54. The summed E-state index contributed by atoms with van der Waals surface area (Å²) in [6.07, 6.45) is 5.19. The predicted octanol–water partition coefficient (Wildman–Crippen LogP) is 3.79. The number of carbonyl (C=O) groups excluding carboxylic acids is 1. The number of aromatic amines is 1. The van der Waals surface area contributed by atoms with Gasteiger partial charge in [-0.15, -0.1) is 0 Å². The molecular weight excluding hydrogens is 307 g/mol. The second-order valence-corrected chi connectivity index (χ2v) is 5.39. The summed E-state index contributed by atoms with van der Waals surface area (Å²) in [4.78, 5) is 19.3. The molecule has 5 heteroatoms. The molecule has 4 nitrogen and oxygen atoms in total. The summed E-state index contributed by atoms with van der Waals surface area (Å²) in [6.45, 7) is 0.580. The summed E-state index contributed by atoms with van der Waals surface area (Å²) in [5, 5.41) is 0. The zero-order valence-electron chi connectivity index (χ0n) is 13.0. The molecule has 0 saturated heterocycles. The fourth-order valence-corrected chi connectivity index (χ4v) is 2.37. The summed E-state index contributed by atoms with van der Waals surface area (Å²) in [7, 11) is 0. The molecule has 0 fully saturated rings. The Bertz CT molecular complexity index is 798. The molecule has 0 radical (unpaired) electrons. The van der Waals surface area contributed by atoms with E-state index in [1.807, 2.05) is 0 Å². The Kier molecular flexibility index (Phi) is 5.01. The van der Waals surface area contributed by atoms with Crippen molar-refractivity contribution in [2.45, 2.75) is 12.8 Å². The molecule has 2 aromatic carbocycles. The molecule has 0 spiro atoms. The molecule has 3 aromatic rings. The first-order valence-electron chi connectivity index (χ1n) is 7.73. The van der Waals surface area contributed by atoms with Crippen molar-refractivity contribution >= 4 is 5.78 Å². The van der Waals surface area contributed by atoms with Gasteiger partial charge < -0.3 is 9.72 Å². The number of nitrogens with zero attached hydrogens (tertiary/aromatic N) is 1. The second kappa shape index (κ2) is 7.55. The Labute approximate surface area is 139 Å². The van der Waals surface area contributed by atoms with E-state index >= 15 is 0 Å². The van der Waals surface area contributed by atoms with Crippen molar-refractivity contribution in [3.8, 4) is 5.75 Å². The zero-order chi connectivity index (χ0) is 16.8. The first-order chi connectivity index (χ1) is 11.7. The minimum Gasteiger partial charge on any atom is -0.494 e. The molecule has 1 heterocycles. The fraction of sp³-hybridized carbons (Fsp3) is 0.158. The van der Waals surface area contributed by atoms with Crippen molar-refractivity contribution < 1.29 is 13.9 Å². The fourth-order valence-electron chi connectivity index (χ4n) is 2.37. The SMILES string of the molecule is O=C(c1ccc(OCCCc2cnc[nH]2)cc1)c1cccc(F)c1. The molecule has 24 heavy (non-hydrogen) atoms. The van der Waals surface area contributed by atoms with Gasteiger partial charge in [0, 0.05) is 23.0 Å². The maximum atomic E-state index is 13.2. The molecule has 0 unspecified atom stereocenters. The van der Waals surface area contributed by atoms with E-state index in [1.54, 1.807) is 42.9 Å². The topological polar surface area (TPSA) is 55.0 Å². The minimum absolute atomic E-state index is 0.208. The zero-order valence-corrected chi connectivity index (χ0v) is 13.0. The number of nitrogens with one attached hydrogen (secondary N) is 1. The molecule has 0 aliphatic heterocycles. The Morgan fingerprint density at radius 2 is 1.96 bits per heavy atom. The van der Waals surface area contributed by atoms with Crippen LogP contribution in [0.25, 0.3) is 0 Å². The van der Waals surface area contributed by atoms with Gasteiger partial charge in [0.25, 0.3) is 0 Å². The van der Waals surface area contributed by atoms with Crippen LogP contribution in [0, 0.1) is 5.82 Å². The molecule has 122 valence electrons. The van der Waals surface area contributed by atoms with Gasteiger partial charge in [0.1, 0.15) is 11.6 Å². The number of hydrogen-bond donors (Lipinski definition) is 1. The van der Waals surface area contributed by atoms with Crippen LogP contribution < -0.4 is 4.74 Å². The number of imidazole rings is 1. The normalized spacial score (nSPS) is 10.5. The van der Waals surface area contributed by atoms with E-state index < -0.39 is 5.82 Å². The van der Waals surface area contributed by atoms with Gasteiger partial charge in [-0.05, 0) is 49.2 Å². The molecule has 0 bridgehead atoms. The van der Waals surface area contributed by atoms with Crippen LogP contribution in [0.5, 0.6) is 5.75 Å². The van der Waals surface area contributed by atoms with Gasteiger partial charge in [0.05, 0.1) is 12.9 Å². The van der Waals surface area contributed by atoms with Crippen molar-refractivity contribution in [2.24, 2.45) is 0 Å². The van der Waals surface area contributed by atoms with Crippen LogP contribution in [0.4, 0.5) is 4.39 Å². The van der Waals surface area contributed by atoms with Crippen molar-refractivity contribution in [2.75, 3.05) is 6.61 Å². The van der Waals surface area contributed by atoms with Crippen LogP contribution in [0.2, 0.25) is 0 Å². The van der Waals surface area contributed by atoms with Crippen LogP contribution in [-0.4, -0.2) is 22.4 Å². The second-order valence-electron chi connectivity index (χ2n) is 5.39. The van der Waals surface area contributed by atoms with Gasteiger partial charge in [0.15, 0.2) is 5.78 Å². The molecule has 1 N–H and O–H groups in total. The third-order valence-electron chi connectivity index (χ3n) is 3.62. The smallest absolute Gasteiger partial charge is 0.193 e. The van der Waals surface area contributed by atoms with E-state index in [-0.39, 0.29) is 5.78 Å². The largest absolute Gasteiger partial charge is 0.494 e. The lowest BCUT2D eigenvalue weighted by molar-refractivity contribution is 0.103. The molecule has 0 aliphatic rings. The molecular formula is C19H17FN2O2. The summed E-state index contributed by atoms with van der Waals surface area (Å²) in [5.74, 6) is 0.0776. The molecule has 0 aliphatic carbocycles. The quantitative estimate of drug-likeness (QED) is 0.531. The maximum Gasteiger partial charge on any atom is 0.193 e. The summed E-state index contributed by atoms with van der Waals surface area (Å²) >= 11 is 0. The summed E-state index contributed by atoms with van der Waals surface area (Å²) in [5.41, 5.74) is 1.92. The van der Waals surface area contributed by atoms with Gasteiger partial charge in [-0.3, -0.25) is 4.79 Å². The number of ketones is 1. The highest BCUT2D eigenvalue weighted by atomic mass is 19.1. The highest BCUT2D eigenvalue weighted by Gasteiger charge is 2.09. The minimum atomic E-state index is -0.418. The number of carbonyl (C=O) groups is 1. The van der Waals surface area contributed by atoms with E-state index in [1.165, 1.54) is 18.2 Å². The van der Waals surface area contributed by atoms with Gasteiger partial charge in [-0.1, -0.05) is 12.1 Å². The predicted molar refractivity (Wildman–Crippen MR) is 88.7 cm³/mol. The number of hydrogen-bond acceptors (Lipinski definition) is 3. The highest BCUT2D eigenvalue weighted by molar-refractivity contribution is 6.09. The lowest BCUT2D eigenvalue weighted by Gasteiger charge is -2.07. The van der Waals surface area contributed by atoms with Crippen molar-refractivity contribution in [3.05, 3.63) is 83.7 Å². The number of H-pyrrole nitrogens is 1. The van der Waals surface area contributed by atoms with Gasteiger partial charge in [0.2, 0.25) is 0 Å². The van der Waals surface area contributed by atoms with Crippen LogP contribution in [0.1, 0.15) is 28.0 Å². The van der Waals surface area contributed by atoms with Gasteiger partial charge in [-0.25, -0.2) is 9.37 Å². The summed E-state index contributed by atoms with van der Waals surface area (Å²) < 4.78 is 18.9. The molecule has 0 saturated carbocycles. The maximum absolute atomic E-state index is 13.2. The van der Waals surface area contributed by atoms with Gasteiger partial charge >= 0.3 is 0 Å². The molecule has 0 atom stereocenters. The molecule has 1 aromatic heterocycles. The van der Waals surface area contributed by atoms with E-state index in [0.29, 0.717) is 23.5 Å². The standard InChI is InChI=1S/C19H17FN2O2/c20-16-4-1-3-15(11-16)19(23)14-6-8-18(9-7-14)24-10-2-5-17-12-21-13-22-17/h1,3-4,6-9,11-13H,2,5,10H2,(H,21,22). The third kappa shape index (κ3) is 4.07. The monoisotopic (exact) mass is 324 g/mol. The van der Waals surface area contributed by atoms with Crippen LogP contribution >= 0.6 is 0 Å². The van der Waals surface area contributed by atoms with Crippen molar-refractivity contribution in [1.82, 2.24) is 9.97 Å². The van der Waals surface area contributed by atoms with Crippen molar-refractivity contribution in [3.63, 3.8) is 0 Å². The van der Waals surface area contributed by atoms with E-state index in [4.69, 9.17) is 4.74 Å². The average molecular weight is 324 g/mol. The molecule has 3 rings (SSSR count). The average Bonchev–Trinajstić information content (AvgIpc) is 3.12. The van der Waals surface area contributed by atoms with E-state index in [9.17, 15) is 9.18 Å². The lowest BCUT2D eigenvalue weighted by atomic mass is 10.0. The van der Waals surface area contributed by atoms with Crippen LogP contribution in [0.15, 0.2) is 61.1 Å². The number of halogens is 1. The first kappa shape index (κ1) is 15.9.